The van der Waals surface area contributed by atoms with Gasteiger partial charge in [0.2, 0.25) is 35.9 Å². The molecular weight excluding hydrogens is 1500 g/mol. The maximum absolute atomic E-state index is 12.5. The molecule has 610 valence electrons. The van der Waals surface area contributed by atoms with E-state index in [1.54, 1.807) is 76.2 Å². The number of hydrogen-bond donors (Lipinski definition) is 2. The number of carbonyl (C=O) groups is 9. The standard InChI is InChI=1S/C11H13NO2.C8H11NO4.C7H9NO2.C7H14O.C7H12O.C7H10O.C6H8Cl2N4.C6H12O2S.C6H12OS.C5H12FO2P.C5H11O2P/c1-8(2)10(13)12-11(14-12)9-6-4-3-5-7-9;1-5(2)8(12)13-9-6(10)3-4-7(9)11;1-5(2)8-6(9)3-4-7(8)10;3*1-5-6(8)7(2,3)4;1-3(2)9-6-11-4(7)10-5(8)12-6;1-5-9(7,8)6(2,3)4;1-5-8(7)6(2,3)4;1-4-8-9(6,7)5(2)3;1-4-8(6,7)5(2)3/h3-8,11H,1-2H3;5H,3-4H2,1-2H3;3-5H,1-2H3;5H2,1-4H3;5H,1H2,2-4H3;1H,2-4H3;3H,1-2H3,(H,9,10,11,12);5H,1H2,2-4H3;5H,1H2,2-4H3;5H,4H2,1-3H3;4-5H,1H2,2-3H3,(H,6,7). The number of nitrogens with zero attached hydrogens (tertiary/aromatic N) is 6. The zero-order chi connectivity index (χ0) is 86.1. The number of amides is 5. The third kappa shape index (κ3) is 50.7. The molecule has 0 spiro atoms. The number of nitrogens with one attached hydrogen (secondary N) is 1. The first-order valence-corrected chi connectivity index (χ1v) is 41.1. The molecule has 4 unspecified atom stereocenters. The predicted octanol–water partition coefficient (Wildman–Crippen LogP) is 17.1. The van der Waals surface area contributed by atoms with Crippen LogP contribution in [0.1, 0.15) is 232 Å². The molecule has 2 fully saturated rings. The Balaban J connectivity index is -0.000000264. The van der Waals surface area contributed by atoms with Gasteiger partial charge < -0.3 is 19.6 Å². The molecular formula is C75H124Cl2FN7O18P2S2. The minimum absolute atomic E-state index is 0.0105. The molecule has 2 saturated heterocycles. The highest BCUT2D eigenvalue weighted by molar-refractivity contribution is 7.95. The number of benzene rings is 1. The molecule has 5 amide bonds. The van der Waals surface area contributed by atoms with Crippen molar-refractivity contribution in [3.63, 3.8) is 0 Å². The minimum Gasteiger partial charge on any atom is -0.352 e. The van der Waals surface area contributed by atoms with Crippen LogP contribution in [0.4, 0.5) is 10.1 Å². The monoisotopic (exact) mass is 1630 g/mol. The number of rotatable bonds is 16. The van der Waals surface area contributed by atoms with Crippen molar-refractivity contribution in [3.8, 4) is 12.3 Å². The van der Waals surface area contributed by atoms with Crippen LogP contribution in [0.3, 0.4) is 0 Å². The number of halogens is 3. The van der Waals surface area contributed by atoms with Crippen molar-refractivity contribution in [3.05, 3.63) is 108 Å². The highest BCUT2D eigenvalue weighted by Gasteiger charge is 2.43. The number of imide groups is 2. The van der Waals surface area contributed by atoms with Gasteiger partial charge in [-0.2, -0.15) is 24.2 Å². The van der Waals surface area contributed by atoms with E-state index in [2.05, 4.69) is 61.9 Å². The van der Waals surface area contributed by atoms with Gasteiger partial charge in [-0.3, -0.25) is 56.6 Å². The van der Waals surface area contributed by atoms with Crippen molar-refractivity contribution in [2.75, 3.05) is 11.9 Å². The van der Waals surface area contributed by atoms with Gasteiger partial charge in [0.05, 0.1) is 33.7 Å². The normalized spacial score (nSPS) is 15.0. The Morgan fingerprint density at radius 3 is 1.37 bits per heavy atom. The Hall–Kier alpha value is -6.53. The lowest BCUT2D eigenvalue weighted by Crippen LogP contribution is -2.36. The molecule has 3 aliphatic rings. The first kappa shape index (κ1) is 111. The summed E-state index contributed by atoms with van der Waals surface area (Å²) in [5, 5.41) is 7.60. The van der Waals surface area contributed by atoms with Gasteiger partial charge in [0.15, 0.2) is 15.6 Å². The van der Waals surface area contributed by atoms with Crippen LogP contribution in [0.15, 0.2) is 91.5 Å². The molecule has 0 aliphatic carbocycles. The van der Waals surface area contributed by atoms with Crippen molar-refractivity contribution in [1.82, 2.24) is 30.0 Å². The molecule has 1 aromatic heterocycles. The maximum atomic E-state index is 12.5. The van der Waals surface area contributed by atoms with Crippen LogP contribution in [-0.4, -0.2) is 140 Å². The summed E-state index contributed by atoms with van der Waals surface area (Å²) < 4.78 is 70.1. The Bertz CT molecular complexity index is 3460. The van der Waals surface area contributed by atoms with Crippen molar-refractivity contribution < 1.29 is 88.2 Å². The zero-order valence-corrected chi connectivity index (χ0v) is 73.5. The lowest BCUT2D eigenvalue weighted by molar-refractivity contribution is -0.199. The maximum Gasteiger partial charge on any atom is 0.369 e. The summed E-state index contributed by atoms with van der Waals surface area (Å²) in [7, 11) is -10.7. The topological polar surface area (TPSA) is 350 Å². The summed E-state index contributed by atoms with van der Waals surface area (Å²) in [5.41, 5.74) is -0.426. The van der Waals surface area contributed by atoms with E-state index in [4.69, 9.17) is 39.4 Å². The molecule has 4 heterocycles. The second-order valence-corrected chi connectivity index (χ2v) is 40.3. The van der Waals surface area contributed by atoms with Gasteiger partial charge in [0, 0.05) is 87.0 Å². The van der Waals surface area contributed by atoms with E-state index in [9.17, 15) is 69.1 Å². The van der Waals surface area contributed by atoms with E-state index in [1.807, 2.05) is 141 Å². The number of hydroxylamine groups is 4. The number of sulfone groups is 1. The second kappa shape index (κ2) is 51.8. The third-order valence-electron chi connectivity index (χ3n) is 12.8. The van der Waals surface area contributed by atoms with Crippen LogP contribution in [0, 0.1) is 40.4 Å². The van der Waals surface area contributed by atoms with Gasteiger partial charge in [-0.1, -0.05) is 181 Å². The van der Waals surface area contributed by atoms with Crippen LogP contribution in [0.25, 0.3) is 0 Å². The fraction of sp³-hybridized carbons (Fsp3) is 0.600. The average Bonchev–Trinajstić information content (AvgIpc) is 1.64. The summed E-state index contributed by atoms with van der Waals surface area (Å²) in [6.07, 6.45) is 9.56. The molecule has 5 rings (SSSR count). The van der Waals surface area contributed by atoms with E-state index < -0.39 is 63.9 Å². The molecule has 0 bridgehead atoms. The fourth-order valence-electron chi connectivity index (χ4n) is 5.83. The number of carbonyl (C=O) groups excluding carboxylic acids is 9. The van der Waals surface area contributed by atoms with Crippen LogP contribution in [0.5, 0.6) is 0 Å². The summed E-state index contributed by atoms with van der Waals surface area (Å²) in [4.78, 5) is 129. The van der Waals surface area contributed by atoms with Crippen molar-refractivity contribution >= 4 is 118 Å². The highest BCUT2D eigenvalue weighted by Crippen LogP contribution is 2.53. The lowest BCUT2D eigenvalue weighted by Gasteiger charge is -2.17. The molecule has 4 atom stereocenters. The number of allylic oxidation sites excluding steroid dienone is 1. The van der Waals surface area contributed by atoms with E-state index >= 15 is 0 Å². The molecule has 2 aromatic rings. The van der Waals surface area contributed by atoms with Gasteiger partial charge in [0.25, 0.3) is 29.5 Å². The van der Waals surface area contributed by atoms with E-state index in [0.717, 1.165) is 16.8 Å². The number of Topliss-reactive ketones (excluding diaryl/α,β-unsaturated/α-hetero) is 2. The molecule has 2 N–H and O–H groups in total. The summed E-state index contributed by atoms with van der Waals surface area (Å²) >= 11 is 11.1. The Kier molecular flexibility index (Phi) is 53.9. The van der Waals surface area contributed by atoms with Crippen molar-refractivity contribution in [2.45, 2.75) is 259 Å². The van der Waals surface area contributed by atoms with Gasteiger partial charge in [-0.05, 0) is 123 Å². The average molecular weight is 1630 g/mol. The lowest BCUT2D eigenvalue weighted by atomic mass is 9.90. The van der Waals surface area contributed by atoms with Crippen molar-refractivity contribution in [2.24, 2.45) is 28.1 Å². The molecule has 32 heteroatoms. The van der Waals surface area contributed by atoms with E-state index in [1.165, 1.54) is 47.4 Å². The smallest absolute Gasteiger partial charge is 0.352 e. The molecule has 1 aromatic carbocycles. The van der Waals surface area contributed by atoms with Crippen LogP contribution < -0.4 is 5.32 Å². The fourth-order valence-corrected chi connectivity index (χ4v) is 8.26. The van der Waals surface area contributed by atoms with Crippen LogP contribution in [-0.2, 0) is 87.1 Å². The third-order valence-corrected chi connectivity index (χ3v) is 20.7. The Morgan fingerprint density at radius 2 is 1.18 bits per heavy atom. The van der Waals surface area contributed by atoms with Gasteiger partial charge in [0.1, 0.15) is 5.78 Å². The largest absolute Gasteiger partial charge is 0.369 e. The summed E-state index contributed by atoms with van der Waals surface area (Å²) in [5.74, 6) is 1.68. The molecule has 0 radical (unpaired) electrons. The number of ketones is 3. The Morgan fingerprint density at radius 1 is 0.738 bits per heavy atom. The molecule has 0 saturated carbocycles. The van der Waals surface area contributed by atoms with Crippen LogP contribution >= 0.6 is 38.3 Å². The van der Waals surface area contributed by atoms with Gasteiger partial charge in [-0.15, -0.1) is 11.5 Å². The molecule has 25 nitrogen and oxygen atoms in total. The SMILES string of the molecule is C#CC(=O)C(C)(C)C.C=CC(=O)C(C)(C)C.C=CP(=O)(O)C(C)C.C=CS(=O)(=O)C(C)(C)C.C=CS(=O)C(C)(C)C.CC(C)C(=O)N1OC1c1ccccc1.CC(C)C(=O)ON1C(=O)CCC1=O.CC(C)N1C(=O)C=CC1=O.CC(C)Nc1nc(Cl)nc(Cl)n1.CCC(=O)C(C)(C)C.CCOP(=O)(F)C(C)C. The number of terminal acetylenes is 1. The number of hydrogen-bond acceptors (Lipinski definition) is 21. The van der Waals surface area contributed by atoms with Crippen LogP contribution in [0.2, 0.25) is 10.6 Å². The first-order valence-electron chi connectivity index (χ1n) is 34.2. The highest BCUT2D eigenvalue weighted by atomic mass is 35.5. The zero-order valence-electron chi connectivity index (χ0n) is 68.5. The summed E-state index contributed by atoms with van der Waals surface area (Å²) in [6, 6.07) is 9.94. The first-order chi connectivity index (χ1) is 48.2. The van der Waals surface area contributed by atoms with Gasteiger partial charge in [-0.25, -0.2) is 18.0 Å². The molecule has 107 heavy (non-hydrogen) atoms. The van der Waals surface area contributed by atoms with Crippen molar-refractivity contribution in [1.29, 1.82) is 0 Å². The minimum atomic E-state index is -3.76. The second-order valence-electron chi connectivity index (χ2n) is 29.8. The quantitative estimate of drug-likeness (QED) is 0.0394. The molecule has 3 aliphatic heterocycles. The number of aromatic nitrogens is 3. The van der Waals surface area contributed by atoms with E-state index in [-0.39, 0.29) is 116 Å². The summed E-state index contributed by atoms with van der Waals surface area (Å²) in [6.45, 7) is 65.5. The predicted molar refractivity (Wildman–Crippen MR) is 429 cm³/mol. The van der Waals surface area contributed by atoms with E-state index in [0.29, 0.717) is 23.2 Å². The van der Waals surface area contributed by atoms with Gasteiger partial charge >= 0.3 is 13.6 Å². The number of anilines is 1. The Labute approximate surface area is 651 Å².